The van der Waals surface area contributed by atoms with Crippen LogP contribution in [0.5, 0.6) is 0 Å². The number of hydrogen-bond donors (Lipinski definition) is 2. The van der Waals surface area contributed by atoms with Crippen LogP contribution in [0.15, 0.2) is 0 Å². The standard InChI is InChI=1S/Co.H2O3S.HO3S/c;2*1-4(2)3/h;(H2,1,2,3);(H,1,2,3)/q;;-1/p-1. The minimum atomic E-state index is -2.86. The molecule has 9 heavy (non-hydrogen) atoms. The first-order valence-corrected chi connectivity index (χ1v) is 3.10. The van der Waals surface area contributed by atoms with Crippen molar-refractivity contribution in [2.75, 3.05) is 0 Å². The van der Waals surface area contributed by atoms with Crippen molar-refractivity contribution in [3.8, 4) is 0 Å². The first kappa shape index (κ1) is 16.2. The molecule has 0 rings (SSSR count). The zero-order valence-corrected chi connectivity index (χ0v) is 6.35. The largest absolute Gasteiger partial charge is 0.750 e. The number of rotatable bonds is 0. The number of hydrogen-bond acceptors (Lipinski definition) is 5. The van der Waals surface area contributed by atoms with E-state index in [0.717, 1.165) is 0 Å². The SMILES string of the molecule is O=S([O-])O.O=[S-](=O)O.[Co]. The van der Waals surface area contributed by atoms with E-state index in [0.29, 0.717) is 0 Å². The summed E-state index contributed by atoms with van der Waals surface area (Å²) in [4.78, 5) is 0. The molecule has 2 N–H and O–H groups in total. The Morgan fingerprint density at radius 2 is 1.44 bits per heavy atom. The van der Waals surface area contributed by atoms with Crippen LogP contribution in [0, 0.1) is 0 Å². The van der Waals surface area contributed by atoms with Crippen LogP contribution in [-0.4, -0.2) is 17.9 Å². The van der Waals surface area contributed by atoms with Crippen LogP contribution in [-0.2, 0) is 47.5 Å². The summed E-state index contributed by atoms with van der Waals surface area (Å²) in [6.45, 7) is 0. The first-order valence-electron chi connectivity index (χ1n) is 1.03. The van der Waals surface area contributed by atoms with Gasteiger partial charge in [0.25, 0.3) is 0 Å². The third-order valence-electron chi connectivity index (χ3n) is 0. The summed E-state index contributed by atoms with van der Waals surface area (Å²) in [5.74, 6) is 0. The Morgan fingerprint density at radius 3 is 1.44 bits per heavy atom. The molecule has 0 aromatic carbocycles. The maximum atomic E-state index is 8.56. The van der Waals surface area contributed by atoms with Gasteiger partial charge in [-0.1, -0.05) is 0 Å². The van der Waals surface area contributed by atoms with E-state index >= 15 is 0 Å². The van der Waals surface area contributed by atoms with E-state index in [1.807, 2.05) is 0 Å². The van der Waals surface area contributed by atoms with Crippen LogP contribution in [0.1, 0.15) is 0 Å². The van der Waals surface area contributed by atoms with Crippen molar-refractivity contribution in [3.05, 3.63) is 0 Å². The molecule has 0 aliphatic heterocycles. The Bertz CT molecular complexity index is 113. The molecule has 0 saturated carbocycles. The van der Waals surface area contributed by atoms with Gasteiger partial charge in [0.2, 0.25) is 0 Å². The zero-order chi connectivity index (χ0) is 7.15. The van der Waals surface area contributed by atoms with Gasteiger partial charge in [0, 0.05) is 27.8 Å². The molecule has 1 radical (unpaired) electrons. The van der Waals surface area contributed by atoms with E-state index in [4.69, 9.17) is 26.3 Å². The van der Waals surface area contributed by atoms with Crippen LogP contribution in [0.4, 0.5) is 0 Å². The minimum absolute atomic E-state index is 0. The molecule has 0 spiro atoms. The summed E-state index contributed by atoms with van der Waals surface area (Å²) in [5, 5.41) is 0. The molecule has 0 saturated heterocycles. The van der Waals surface area contributed by atoms with Gasteiger partial charge in [0.05, 0.1) is 11.4 Å². The molecule has 0 bridgehead atoms. The molecule has 0 heterocycles. The summed E-state index contributed by atoms with van der Waals surface area (Å²) in [6.07, 6.45) is 0. The maximum absolute atomic E-state index is 8.56. The average molecular weight is 221 g/mol. The van der Waals surface area contributed by atoms with Crippen LogP contribution in [0.3, 0.4) is 0 Å². The van der Waals surface area contributed by atoms with Crippen molar-refractivity contribution in [3.63, 3.8) is 0 Å². The quantitative estimate of drug-likeness (QED) is 0.311. The van der Waals surface area contributed by atoms with Crippen molar-refractivity contribution in [2.24, 2.45) is 0 Å². The van der Waals surface area contributed by atoms with Gasteiger partial charge in [-0.25, -0.2) is 4.21 Å². The van der Waals surface area contributed by atoms with E-state index in [-0.39, 0.29) is 16.8 Å². The molecule has 0 aromatic rings. The topological polar surface area (TPSA) is 115 Å². The van der Waals surface area contributed by atoms with Crippen molar-refractivity contribution < 1.29 is 43.1 Å². The second-order valence-electron chi connectivity index (χ2n) is 0.434. The van der Waals surface area contributed by atoms with E-state index in [2.05, 4.69) is 0 Å². The third kappa shape index (κ3) is 1510. The van der Waals surface area contributed by atoms with Gasteiger partial charge in [-0.15, -0.1) is 0 Å². The van der Waals surface area contributed by atoms with Gasteiger partial charge in [0.15, 0.2) is 0 Å². The summed E-state index contributed by atoms with van der Waals surface area (Å²) in [6, 6.07) is 0. The molecule has 9 heteroatoms. The second-order valence-corrected chi connectivity index (χ2v) is 1.30. The van der Waals surface area contributed by atoms with E-state index in [9.17, 15) is 0 Å². The Morgan fingerprint density at radius 1 is 1.44 bits per heavy atom. The van der Waals surface area contributed by atoms with Gasteiger partial charge in [0.1, 0.15) is 0 Å². The van der Waals surface area contributed by atoms with Crippen molar-refractivity contribution in [1.82, 2.24) is 0 Å². The van der Waals surface area contributed by atoms with E-state index in [1.54, 1.807) is 0 Å². The van der Waals surface area contributed by atoms with Crippen LogP contribution in [0.25, 0.3) is 0 Å². The van der Waals surface area contributed by atoms with E-state index < -0.39 is 22.3 Å². The summed E-state index contributed by atoms with van der Waals surface area (Å²) in [7, 11) is -2.86. The molecule has 0 aromatic heterocycles. The molecule has 1 unspecified atom stereocenters. The Hall–Kier alpha value is 0.486. The predicted molar refractivity (Wildman–Crippen MR) is 22.9 cm³/mol. The van der Waals surface area contributed by atoms with Gasteiger partial charge >= 0.3 is 0 Å². The van der Waals surface area contributed by atoms with Gasteiger partial charge < -0.3 is 22.1 Å². The first-order chi connectivity index (χ1) is 3.46. The molecule has 0 fully saturated rings. The van der Waals surface area contributed by atoms with Crippen LogP contribution in [0.2, 0.25) is 0 Å². The second kappa shape index (κ2) is 11.3. The molecule has 0 amide bonds. The summed E-state index contributed by atoms with van der Waals surface area (Å²) in [5.41, 5.74) is 0. The average Bonchev–Trinajstić information content (AvgIpc) is 1.25. The maximum Gasteiger partial charge on any atom is 0.0814 e. The fraction of sp³-hybridized carbons (Fsp3) is 0. The van der Waals surface area contributed by atoms with Crippen molar-refractivity contribution in [1.29, 1.82) is 0 Å². The summed E-state index contributed by atoms with van der Waals surface area (Å²) >= 11 is -2.86. The van der Waals surface area contributed by atoms with Gasteiger partial charge in [-0.05, 0) is 0 Å². The monoisotopic (exact) mass is 221 g/mol. The fourth-order valence-electron chi connectivity index (χ4n) is 0. The van der Waals surface area contributed by atoms with Crippen molar-refractivity contribution >= 4 is 22.3 Å². The fourth-order valence-corrected chi connectivity index (χ4v) is 0. The summed E-state index contributed by atoms with van der Waals surface area (Å²) < 4.78 is 48.2. The normalized spacial score (nSPS) is 10.7. The van der Waals surface area contributed by atoms with Gasteiger partial charge in [-0.3, -0.25) is 0 Å². The smallest absolute Gasteiger partial charge is 0.0814 e. The van der Waals surface area contributed by atoms with Crippen LogP contribution < -0.4 is 0 Å². The zero-order valence-electron chi connectivity index (χ0n) is 3.68. The molecule has 61 valence electrons. The van der Waals surface area contributed by atoms with Crippen molar-refractivity contribution in [2.45, 2.75) is 0 Å². The molecule has 0 aliphatic rings. The molecular weight excluding hydrogens is 219 g/mol. The molecular formula is H2CoO6S2-2. The predicted octanol–water partition coefficient (Wildman–Crippen LogP) is -0.895. The van der Waals surface area contributed by atoms with Gasteiger partial charge in [-0.2, -0.15) is 0 Å². The molecule has 0 aliphatic carbocycles. The minimum Gasteiger partial charge on any atom is -0.750 e. The Labute approximate surface area is 65.7 Å². The molecule has 1 atom stereocenters. The molecule has 6 nitrogen and oxygen atoms in total. The van der Waals surface area contributed by atoms with Crippen LogP contribution >= 0.6 is 0 Å². The third-order valence-corrected chi connectivity index (χ3v) is 0. The Kier molecular flexibility index (Phi) is 20.4. The Balaban J connectivity index is -0.0000000720. The van der Waals surface area contributed by atoms with E-state index in [1.165, 1.54) is 0 Å².